The standard InChI is InChI=1S/C13H20N2O2.ClH/c1-4-12(14)13(16)15-10-5-7-11(8-6-10)17-9(2)3;/h5-9,12H,4,14H2,1-3H3,(H,15,16);1H/t12-;/m0./s1. The third-order valence-electron chi connectivity index (χ3n) is 2.27. The van der Waals surface area contributed by atoms with Gasteiger partial charge in [0.1, 0.15) is 5.75 Å². The molecule has 1 aromatic carbocycles. The molecular formula is C13H21ClN2O2. The van der Waals surface area contributed by atoms with Crippen LogP contribution in [0.5, 0.6) is 5.75 Å². The molecule has 0 aliphatic carbocycles. The molecule has 102 valence electrons. The van der Waals surface area contributed by atoms with E-state index in [4.69, 9.17) is 10.5 Å². The maximum absolute atomic E-state index is 11.5. The number of benzene rings is 1. The van der Waals surface area contributed by atoms with Crippen molar-refractivity contribution in [2.45, 2.75) is 39.3 Å². The molecule has 0 spiro atoms. The summed E-state index contributed by atoms with van der Waals surface area (Å²) in [5, 5.41) is 2.75. The molecule has 1 atom stereocenters. The van der Waals surface area contributed by atoms with E-state index < -0.39 is 6.04 Å². The third kappa shape index (κ3) is 5.38. The first-order chi connectivity index (χ1) is 8.02. The quantitative estimate of drug-likeness (QED) is 0.866. The van der Waals surface area contributed by atoms with Gasteiger partial charge in [0, 0.05) is 5.69 Å². The van der Waals surface area contributed by atoms with Crippen LogP contribution in [0.2, 0.25) is 0 Å². The van der Waals surface area contributed by atoms with E-state index in [1.165, 1.54) is 0 Å². The van der Waals surface area contributed by atoms with Gasteiger partial charge in [-0.05, 0) is 44.5 Å². The lowest BCUT2D eigenvalue weighted by Crippen LogP contribution is -2.34. The molecule has 0 unspecified atom stereocenters. The number of anilines is 1. The second kappa shape index (κ2) is 7.95. The minimum atomic E-state index is -0.457. The Morgan fingerprint density at radius 1 is 1.33 bits per heavy atom. The summed E-state index contributed by atoms with van der Waals surface area (Å²) in [7, 11) is 0. The van der Waals surface area contributed by atoms with Crippen molar-refractivity contribution in [1.82, 2.24) is 0 Å². The number of amides is 1. The largest absolute Gasteiger partial charge is 0.491 e. The fourth-order valence-electron chi connectivity index (χ4n) is 1.31. The summed E-state index contributed by atoms with van der Waals surface area (Å²) in [6, 6.07) is 6.80. The number of nitrogens with two attached hydrogens (primary N) is 1. The van der Waals surface area contributed by atoms with Crippen LogP contribution in [0.3, 0.4) is 0 Å². The first-order valence-corrected chi connectivity index (χ1v) is 5.86. The molecule has 0 heterocycles. The van der Waals surface area contributed by atoms with E-state index in [0.29, 0.717) is 6.42 Å². The second-order valence-corrected chi connectivity index (χ2v) is 4.19. The number of rotatable bonds is 5. The van der Waals surface area contributed by atoms with Gasteiger partial charge in [0.15, 0.2) is 0 Å². The fraction of sp³-hybridized carbons (Fsp3) is 0.462. The molecule has 0 bridgehead atoms. The predicted octanol–water partition coefficient (Wildman–Crippen LogP) is 2.57. The van der Waals surface area contributed by atoms with Crippen LogP contribution >= 0.6 is 12.4 Å². The molecule has 1 amide bonds. The van der Waals surface area contributed by atoms with E-state index in [1.807, 2.05) is 32.9 Å². The fourth-order valence-corrected chi connectivity index (χ4v) is 1.31. The molecule has 0 saturated heterocycles. The normalized spacial score (nSPS) is 11.6. The van der Waals surface area contributed by atoms with Gasteiger partial charge in [-0.2, -0.15) is 0 Å². The van der Waals surface area contributed by atoms with Gasteiger partial charge < -0.3 is 15.8 Å². The Kier molecular flexibility index (Phi) is 7.39. The third-order valence-corrected chi connectivity index (χ3v) is 2.27. The van der Waals surface area contributed by atoms with Crippen molar-refractivity contribution in [3.63, 3.8) is 0 Å². The van der Waals surface area contributed by atoms with E-state index in [1.54, 1.807) is 12.1 Å². The molecule has 3 N–H and O–H groups in total. The van der Waals surface area contributed by atoms with Crippen molar-refractivity contribution in [3.05, 3.63) is 24.3 Å². The van der Waals surface area contributed by atoms with Crippen LogP contribution in [-0.2, 0) is 4.79 Å². The Morgan fingerprint density at radius 3 is 2.33 bits per heavy atom. The van der Waals surface area contributed by atoms with Crippen LogP contribution in [0.25, 0.3) is 0 Å². The minimum absolute atomic E-state index is 0. The molecule has 0 aromatic heterocycles. The van der Waals surface area contributed by atoms with Crippen LogP contribution < -0.4 is 15.8 Å². The summed E-state index contributed by atoms with van der Waals surface area (Å²) in [4.78, 5) is 11.5. The maximum Gasteiger partial charge on any atom is 0.241 e. The Labute approximate surface area is 114 Å². The molecule has 5 heteroatoms. The highest BCUT2D eigenvalue weighted by molar-refractivity contribution is 5.94. The predicted molar refractivity (Wildman–Crippen MR) is 76.4 cm³/mol. The lowest BCUT2D eigenvalue weighted by molar-refractivity contribution is -0.117. The Morgan fingerprint density at radius 2 is 1.89 bits per heavy atom. The van der Waals surface area contributed by atoms with Gasteiger partial charge in [0.2, 0.25) is 5.91 Å². The number of carbonyl (C=O) groups excluding carboxylic acids is 1. The highest BCUT2D eigenvalue weighted by atomic mass is 35.5. The molecule has 0 aliphatic heterocycles. The maximum atomic E-state index is 11.5. The Balaban J connectivity index is 0.00000289. The van der Waals surface area contributed by atoms with Crippen molar-refractivity contribution in [1.29, 1.82) is 0 Å². The SMILES string of the molecule is CC[C@H](N)C(=O)Nc1ccc(OC(C)C)cc1.Cl. The first kappa shape index (κ1) is 16.7. The number of nitrogens with one attached hydrogen (secondary N) is 1. The topological polar surface area (TPSA) is 64.4 Å². The molecule has 0 radical (unpaired) electrons. The minimum Gasteiger partial charge on any atom is -0.491 e. The number of hydrogen-bond donors (Lipinski definition) is 2. The van der Waals surface area contributed by atoms with Crippen LogP contribution in [0.4, 0.5) is 5.69 Å². The average Bonchev–Trinajstić information content (AvgIpc) is 2.30. The van der Waals surface area contributed by atoms with Gasteiger partial charge in [-0.3, -0.25) is 4.79 Å². The zero-order chi connectivity index (χ0) is 12.8. The van der Waals surface area contributed by atoms with Crippen molar-refractivity contribution in [2.75, 3.05) is 5.32 Å². The van der Waals surface area contributed by atoms with Gasteiger partial charge in [0.05, 0.1) is 12.1 Å². The van der Waals surface area contributed by atoms with Crippen molar-refractivity contribution in [2.24, 2.45) is 5.73 Å². The molecule has 1 aromatic rings. The van der Waals surface area contributed by atoms with E-state index in [9.17, 15) is 4.79 Å². The number of carbonyl (C=O) groups is 1. The van der Waals surface area contributed by atoms with Gasteiger partial charge in [-0.1, -0.05) is 6.92 Å². The summed E-state index contributed by atoms with van der Waals surface area (Å²) >= 11 is 0. The molecule has 18 heavy (non-hydrogen) atoms. The number of ether oxygens (including phenoxy) is 1. The molecule has 4 nitrogen and oxygen atoms in total. The average molecular weight is 273 g/mol. The molecule has 1 rings (SSSR count). The summed E-state index contributed by atoms with van der Waals surface area (Å²) in [5.41, 5.74) is 6.35. The van der Waals surface area contributed by atoms with Crippen LogP contribution in [0, 0.1) is 0 Å². The summed E-state index contributed by atoms with van der Waals surface area (Å²) in [5.74, 6) is 0.628. The van der Waals surface area contributed by atoms with Gasteiger partial charge in [-0.25, -0.2) is 0 Å². The summed E-state index contributed by atoms with van der Waals surface area (Å²) in [6.45, 7) is 5.82. The van der Waals surface area contributed by atoms with Gasteiger partial charge in [0.25, 0.3) is 0 Å². The highest BCUT2D eigenvalue weighted by Gasteiger charge is 2.10. The number of halogens is 1. The van der Waals surface area contributed by atoms with Gasteiger partial charge >= 0.3 is 0 Å². The van der Waals surface area contributed by atoms with E-state index in [0.717, 1.165) is 11.4 Å². The molecule has 0 fully saturated rings. The van der Waals surface area contributed by atoms with Crippen molar-refractivity contribution in [3.8, 4) is 5.75 Å². The first-order valence-electron chi connectivity index (χ1n) is 5.86. The smallest absolute Gasteiger partial charge is 0.241 e. The summed E-state index contributed by atoms with van der Waals surface area (Å²) < 4.78 is 5.51. The lowest BCUT2D eigenvalue weighted by atomic mass is 10.2. The van der Waals surface area contributed by atoms with Crippen LogP contribution in [-0.4, -0.2) is 18.1 Å². The van der Waals surface area contributed by atoms with E-state index in [2.05, 4.69) is 5.32 Å². The number of hydrogen-bond acceptors (Lipinski definition) is 3. The van der Waals surface area contributed by atoms with E-state index in [-0.39, 0.29) is 24.4 Å². The van der Waals surface area contributed by atoms with Crippen LogP contribution in [0.1, 0.15) is 27.2 Å². The van der Waals surface area contributed by atoms with Crippen molar-refractivity contribution < 1.29 is 9.53 Å². The molecule has 0 aliphatic rings. The van der Waals surface area contributed by atoms with Crippen LogP contribution in [0.15, 0.2) is 24.3 Å². The summed E-state index contributed by atoms with van der Waals surface area (Å²) in [6.07, 6.45) is 0.768. The highest BCUT2D eigenvalue weighted by Crippen LogP contribution is 2.17. The lowest BCUT2D eigenvalue weighted by Gasteiger charge is -2.12. The van der Waals surface area contributed by atoms with Gasteiger partial charge in [-0.15, -0.1) is 12.4 Å². The van der Waals surface area contributed by atoms with E-state index >= 15 is 0 Å². The zero-order valence-corrected chi connectivity index (χ0v) is 11.8. The monoisotopic (exact) mass is 272 g/mol. The second-order valence-electron chi connectivity index (χ2n) is 4.19. The van der Waals surface area contributed by atoms with Crippen molar-refractivity contribution >= 4 is 24.0 Å². The zero-order valence-electron chi connectivity index (χ0n) is 11.0. The Hall–Kier alpha value is -1.26. The molecular weight excluding hydrogens is 252 g/mol. The molecule has 0 saturated carbocycles. The Bertz CT molecular complexity index is 366.